The van der Waals surface area contributed by atoms with E-state index >= 15 is 0 Å². The van der Waals surface area contributed by atoms with Crippen molar-refractivity contribution in [3.8, 4) is 0 Å². The molecule has 4 heteroatoms. The molecule has 0 bridgehead atoms. The molecule has 0 unspecified atom stereocenters. The fourth-order valence-corrected chi connectivity index (χ4v) is 2.47. The largest absolute Gasteiger partial charge is 0.323 e. The molecule has 0 aliphatic carbocycles. The van der Waals surface area contributed by atoms with Gasteiger partial charge < -0.3 is 4.57 Å². The maximum absolute atomic E-state index is 12.0. The van der Waals surface area contributed by atoms with Gasteiger partial charge in [-0.05, 0) is 23.6 Å². The van der Waals surface area contributed by atoms with E-state index in [0.717, 1.165) is 16.6 Å². The van der Waals surface area contributed by atoms with Gasteiger partial charge in [0.1, 0.15) is 0 Å². The number of nitrogens with zero attached hydrogens (tertiary/aromatic N) is 2. The van der Waals surface area contributed by atoms with Crippen LogP contribution in [-0.2, 0) is 6.54 Å². The van der Waals surface area contributed by atoms with Gasteiger partial charge in [-0.1, -0.05) is 12.1 Å². The van der Waals surface area contributed by atoms with Crippen LogP contribution in [0.5, 0.6) is 0 Å². The second-order valence-corrected chi connectivity index (χ2v) is 4.58. The van der Waals surface area contributed by atoms with E-state index in [4.69, 9.17) is 0 Å². The molecule has 0 saturated carbocycles. The maximum atomic E-state index is 12.0. The second-order valence-electron chi connectivity index (χ2n) is 3.80. The second kappa shape index (κ2) is 4.14. The van der Waals surface area contributed by atoms with Crippen LogP contribution < -0.4 is 0 Å². The lowest BCUT2D eigenvalue weighted by Gasteiger charge is -2.01. The summed E-state index contributed by atoms with van der Waals surface area (Å²) in [5, 5.41) is 3.79. The Morgan fingerprint density at radius 2 is 2.18 bits per heavy atom. The zero-order chi connectivity index (χ0) is 11.7. The van der Waals surface area contributed by atoms with Crippen molar-refractivity contribution in [3.63, 3.8) is 0 Å². The quantitative estimate of drug-likeness (QED) is 0.662. The van der Waals surface area contributed by atoms with Crippen molar-refractivity contribution in [1.82, 2.24) is 9.55 Å². The number of aromatic nitrogens is 2. The highest BCUT2D eigenvalue weighted by molar-refractivity contribution is 7.08. The highest BCUT2D eigenvalue weighted by Crippen LogP contribution is 2.14. The Hall–Kier alpha value is -1.94. The number of para-hydroxylation sites is 2. The molecule has 2 aromatic heterocycles. The zero-order valence-electron chi connectivity index (χ0n) is 9.04. The van der Waals surface area contributed by atoms with Crippen molar-refractivity contribution >= 4 is 28.2 Å². The third-order valence-corrected chi connectivity index (χ3v) is 3.37. The molecule has 1 aromatic carbocycles. The topological polar surface area (TPSA) is 34.9 Å². The number of hydrogen-bond donors (Lipinski definition) is 0. The van der Waals surface area contributed by atoms with Gasteiger partial charge >= 0.3 is 0 Å². The van der Waals surface area contributed by atoms with Gasteiger partial charge in [0.15, 0.2) is 5.78 Å². The molecule has 3 rings (SSSR count). The lowest BCUT2D eigenvalue weighted by Crippen LogP contribution is -2.08. The lowest BCUT2D eigenvalue weighted by molar-refractivity contribution is 0.0974. The van der Waals surface area contributed by atoms with Gasteiger partial charge in [-0.15, -0.1) is 0 Å². The lowest BCUT2D eigenvalue weighted by atomic mass is 10.2. The minimum atomic E-state index is 0.120. The van der Waals surface area contributed by atoms with Crippen molar-refractivity contribution in [1.29, 1.82) is 0 Å². The fraction of sp³-hybridized carbons (Fsp3) is 0.0769. The normalized spacial score (nSPS) is 10.8. The Morgan fingerprint density at radius 3 is 3.00 bits per heavy atom. The third kappa shape index (κ3) is 1.87. The summed E-state index contributed by atoms with van der Waals surface area (Å²) in [4.78, 5) is 16.2. The summed E-state index contributed by atoms with van der Waals surface area (Å²) in [6.45, 7) is 0.344. The van der Waals surface area contributed by atoms with Crippen molar-refractivity contribution in [2.45, 2.75) is 6.54 Å². The Morgan fingerprint density at radius 1 is 1.29 bits per heavy atom. The molecule has 0 radical (unpaired) electrons. The average Bonchev–Trinajstić information content (AvgIpc) is 2.98. The number of fused-ring (bicyclic) bond motifs is 1. The number of imidazole rings is 1. The Kier molecular flexibility index (Phi) is 2.49. The van der Waals surface area contributed by atoms with E-state index in [2.05, 4.69) is 4.98 Å². The van der Waals surface area contributed by atoms with Crippen molar-refractivity contribution < 1.29 is 4.79 Å². The number of Topliss-reactive ketones (excluding diaryl/α,β-unsaturated/α-hetero) is 1. The van der Waals surface area contributed by atoms with Gasteiger partial charge in [-0.25, -0.2) is 4.98 Å². The molecule has 2 heterocycles. The Balaban J connectivity index is 1.93. The molecule has 3 aromatic rings. The minimum Gasteiger partial charge on any atom is -0.323 e. The van der Waals surface area contributed by atoms with Gasteiger partial charge in [0.05, 0.1) is 23.9 Å². The number of carbonyl (C=O) groups excluding carboxylic acids is 1. The standard InChI is InChI=1S/C13H10N2OS/c16-13(10-5-6-17-8-10)7-15-9-14-11-3-1-2-4-12(11)15/h1-6,8-9H,7H2. The first-order chi connectivity index (χ1) is 8.34. The Labute approximate surface area is 102 Å². The number of hydrogen-bond acceptors (Lipinski definition) is 3. The summed E-state index contributed by atoms with van der Waals surface area (Å²) >= 11 is 1.54. The predicted molar refractivity (Wildman–Crippen MR) is 68.4 cm³/mol. The van der Waals surface area contributed by atoms with E-state index in [1.807, 2.05) is 45.7 Å². The highest BCUT2D eigenvalue weighted by atomic mass is 32.1. The predicted octanol–water partition coefficient (Wildman–Crippen LogP) is 2.98. The van der Waals surface area contributed by atoms with E-state index < -0.39 is 0 Å². The van der Waals surface area contributed by atoms with Crippen LogP contribution in [0, 0.1) is 0 Å². The van der Waals surface area contributed by atoms with Crippen LogP contribution in [-0.4, -0.2) is 15.3 Å². The van der Waals surface area contributed by atoms with Crippen LogP contribution in [0.3, 0.4) is 0 Å². The summed E-state index contributed by atoms with van der Waals surface area (Å²) < 4.78 is 1.88. The molecular weight excluding hydrogens is 232 g/mol. The van der Waals surface area contributed by atoms with Crippen LogP contribution in [0.4, 0.5) is 0 Å². The number of rotatable bonds is 3. The number of thiophene rings is 1. The minimum absolute atomic E-state index is 0.120. The molecule has 0 aliphatic heterocycles. The Bertz CT molecular complexity index is 655. The first-order valence-electron chi connectivity index (χ1n) is 5.30. The van der Waals surface area contributed by atoms with Crippen LogP contribution in [0.15, 0.2) is 47.4 Å². The third-order valence-electron chi connectivity index (χ3n) is 2.68. The summed E-state index contributed by atoms with van der Waals surface area (Å²) in [7, 11) is 0. The van der Waals surface area contributed by atoms with Crippen LogP contribution in [0.25, 0.3) is 11.0 Å². The number of benzene rings is 1. The summed E-state index contributed by atoms with van der Waals surface area (Å²) in [6, 6.07) is 9.67. The first-order valence-corrected chi connectivity index (χ1v) is 6.24. The molecule has 0 N–H and O–H groups in total. The molecule has 0 amide bonds. The summed E-state index contributed by atoms with van der Waals surface area (Å²) in [5.74, 6) is 0.120. The van der Waals surface area contributed by atoms with E-state index in [0.29, 0.717) is 6.54 Å². The summed E-state index contributed by atoms with van der Waals surface area (Å²) in [6.07, 6.45) is 1.72. The number of ketones is 1. The molecule has 0 saturated heterocycles. The maximum Gasteiger partial charge on any atom is 0.183 e. The van der Waals surface area contributed by atoms with Gasteiger partial charge in [0.25, 0.3) is 0 Å². The van der Waals surface area contributed by atoms with Crippen LogP contribution in [0.1, 0.15) is 10.4 Å². The molecule has 0 aliphatic rings. The molecule has 0 fully saturated rings. The van der Waals surface area contributed by atoms with Crippen molar-refractivity contribution in [2.75, 3.05) is 0 Å². The first kappa shape index (κ1) is 10.2. The van der Waals surface area contributed by atoms with Crippen molar-refractivity contribution in [3.05, 3.63) is 53.0 Å². The van der Waals surface area contributed by atoms with Gasteiger partial charge in [0, 0.05) is 10.9 Å². The molecule has 17 heavy (non-hydrogen) atoms. The van der Waals surface area contributed by atoms with Gasteiger partial charge in [-0.3, -0.25) is 4.79 Å². The molecular formula is C13H10N2OS. The van der Waals surface area contributed by atoms with E-state index in [-0.39, 0.29) is 5.78 Å². The average molecular weight is 242 g/mol. The SMILES string of the molecule is O=C(Cn1cnc2ccccc21)c1ccsc1. The monoisotopic (exact) mass is 242 g/mol. The molecule has 0 atom stereocenters. The van der Waals surface area contributed by atoms with Crippen molar-refractivity contribution in [2.24, 2.45) is 0 Å². The molecule has 3 nitrogen and oxygen atoms in total. The van der Waals surface area contributed by atoms with Gasteiger partial charge in [-0.2, -0.15) is 11.3 Å². The van der Waals surface area contributed by atoms with Gasteiger partial charge in [0.2, 0.25) is 0 Å². The molecule has 84 valence electrons. The van der Waals surface area contributed by atoms with Crippen LogP contribution in [0.2, 0.25) is 0 Å². The molecule has 0 spiro atoms. The van der Waals surface area contributed by atoms with Crippen LogP contribution >= 0.6 is 11.3 Å². The van der Waals surface area contributed by atoms with E-state index in [1.165, 1.54) is 11.3 Å². The smallest absolute Gasteiger partial charge is 0.183 e. The van der Waals surface area contributed by atoms with E-state index in [9.17, 15) is 4.79 Å². The number of carbonyl (C=O) groups is 1. The summed E-state index contributed by atoms with van der Waals surface area (Å²) in [5.41, 5.74) is 2.69. The highest BCUT2D eigenvalue weighted by Gasteiger charge is 2.09. The zero-order valence-corrected chi connectivity index (χ0v) is 9.85. The van der Waals surface area contributed by atoms with E-state index in [1.54, 1.807) is 6.33 Å². The fourth-order valence-electron chi connectivity index (χ4n) is 1.81.